The van der Waals surface area contributed by atoms with Gasteiger partial charge in [-0.2, -0.15) is 0 Å². The van der Waals surface area contributed by atoms with Crippen LogP contribution in [0, 0.1) is 0 Å². The number of allylic oxidation sites excluding steroid dienone is 12. The standard InChI is InChI=1S/C65H114O6/c1-4-7-10-13-16-19-22-25-27-29-30-31-32-33-34-36-37-40-43-46-49-52-55-58-64(67)70-61-62(60-69-63(66)57-54-51-48-45-42-39-24-21-18-15-12-9-6-3)71-65(68)59-56-53-50-47-44-41-38-35-28-26-23-20-17-14-11-8-5-2/h8,11,17,20,26,28-30,38,41,47,50,62H,4-7,9-10,12-16,18-19,21-25,27,31-37,39-40,42-46,48-49,51-61H2,1-3H3/b11-8-,20-17-,28-26-,30-29-,41-38-,50-47-. The summed E-state index contributed by atoms with van der Waals surface area (Å²) in [6, 6.07) is 0. The van der Waals surface area contributed by atoms with Crippen molar-refractivity contribution in [3.63, 3.8) is 0 Å². The molecule has 0 spiro atoms. The Hall–Kier alpha value is -3.15. The van der Waals surface area contributed by atoms with Gasteiger partial charge in [0.15, 0.2) is 6.10 Å². The van der Waals surface area contributed by atoms with Crippen LogP contribution >= 0.6 is 0 Å². The SMILES string of the molecule is CC/C=C\C/C=C\C/C=C\C/C=C\C/C=C\CCCC(=O)OC(COC(=O)CCCCCCCCCCCCC/C=C\CCCCCCCCCC)COC(=O)CCCCCCCCCCCCCCC. The zero-order valence-electron chi connectivity index (χ0n) is 47.0. The monoisotopic (exact) mass is 991 g/mol. The summed E-state index contributed by atoms with van der Waals surface area (Å²) in [6.45, 7) is 6.51. The van der Waals surface area contributed by atoms with Gasteiger partial charge in [0.25, 0.3) is 0 Å². The van der Waals surface area contributed by atoms with Crippen molar-refractivity contribution < 1.29 is 28.6 Å². The summed E-state index contributed by atoms with van der Waals surface area (Å²) < 4.78 is 16.8. The predicted octanol–water partition coefficient (Wildman–Crippen LogP) is 20.5. The molecule has 71 heavy (non-hydrogen) atoms. The number of hydrogen-bond acceptors (Lipinski definition) is 6. The third-order valence-corrected chi connectivity index (χ3v) is 13.2. The van der Waals surface area contributed by atoms with Crippen LogP contribution in [-0.4, -0.2) is 37.2 Å². The second kappa shape index (κ2) is 59.4. The van der Waals surface area contributed by atoms with Gasteiger partial charge in [-0.1, -0.05) is 273 Å². The second-order valence-corrected chi connectivity index (χ2v) is 20.2. The lowest BCUT2D eigenvalue weighted by molar-refractivity contribution is -0.167. The number of carbonyl (C=O) groups is 3. The second-order valence-electron chi connectivity index (χ2n) is 20.2. The Morgan fingerprint density at radius 2 is 0.563 bits per heavy atom. The van der Waals surface area contributed by atoms with Crippen molar-refractivity contribution in [1.29, 1.82) is 0 Å². The maximum atomic E-state index is 12.8. The molecule has 0 aliphatic rings. The lowest BCUT2D eigenvalue weighted by atomic mass is 10.0. The molecule has 0 N–H and O–H groups in total. The highest BCUT2D eigenvalue weighted by atomic mass is 16.6. The molecule has 0 aliphatic carbocycles. The zero-order valence-corrected chi connectivity index (χ0v) is 47.0. The number of carbonyl (C=O) groups excluding carboxylic acids is 3. The first-order valence-electron chi connectivity index (χ1n) is 30.4. The van der Waals surface area contributed by atoms with Crippen molar-refractivity contribution in [3.8, 4) is 0 Å². The van der Waals surface area contributed by atoms with Gasteiger partial charge in [-0.05, 0) is 83.5 Å². The summed E-state index contributed by atoms with van der Waals surface area (Å²) in [4.78, 5) is 38.2. The smallest absolute Gasteiger partial charge is 0.306 e. The van der Waals surface area contributed by atoms with Crippen LogP contribution in [0.4, 0.5) is 0 Å². The van der Waals surface area contributed by atoms with E-state index in [1.54, 1.807) is 0 Å². The lowest BCUT2D eigenvalue weighted by Crippen LogP contribution is -2.30. The Labute approximate surface area is 440 Å². The van der Waals surface area contributed by atoms with E-state index < -0.39 is 6.10 Å². The molecule has 0 saturated carbocycles. The number of rotatable bonds is 55. The number of ether oxygens (including phenoxy) is 3. The molecule has 0 rings (SSSR count). The van der Waals surface area contributed by atoms with Gasteiger partial charge in [-0.15, -0.1) is 0 Å². The minimum atomic E-state index is -0.804. The van der Waals surface area contributed by atoms with Gasteiger partial charge in [0.05, 0.1) is 0 Å². The fraction of sp³-hybridized carbons (Fsp3) is 0.769. The van der Waals surface area contributed by atoms with Crippen molar-refractivity contribution in [1.82, 2.24) is 0 Å². The van der Waals surface area contributed by atoms with Crippen molar-refractivity contribution in [2.24, 2.45) is 0 Å². The van der Waals surface area contributed by atoms with E-state index in [2.05, 4.69) is 93.7 Å². The highest BCUT2D eigenvalue weighted by Gasteiger charge is 2.19. The molecule has 1 atom stereocenters. The van der Waals surface area contributed by atoms with Crippen LogP contribution in [0.25, 0.3) is 0 Å². The molecule has 6 nitrogen and oxygen atoms in total. The van der Waals surface area contributed by atoms with E-state index >= 15 is 0 Å². The quantitative estimate of drug-likeness (QED) is 0.0261. The molecular weight excluding hydrogens is 877 g/mol. The van der Waals surface area contributed by atoms with Crippen molar-refractivity contribution in [2.75, 3.05) is 13.2 Å². The predicted molar refractivity (Wildman–Crippen MR) is 307 cm³/mol. The molecule has 0 saturated heterocycles. The average molecular weight is 992 g/mol. The first-order chi connectivity index (χ1) is 35.0. The van der Waals surface area contributed by atoms with Crippen molar-refractivity contribution >= 4 is 17.9 Å². The minimum Gasteiger partial charge on any atom is -0.462 e. The van der Waals surface area contributed by atoms with Crippen LogP contribution in [0.15, 0.2) is 72.9 Å². The van der Waals surface area contributed by atoms with E-state index in [1.165, 1.54) is 180 Å². The van der Waals surface area contributed by atoms with Crippen LogP contribution in [-0.2, 0) is 28.6 Å². The fourth-order valence-corrected chi connectivity index (χ4v) is 8.65. The highest BCUT2D eigenvalue weighted by molar-refractivity contribution is 5.71. The maximum Gasteiger partial charge on any atom is 0.306 e. The molecule has 0 aromatic carbocycles. The summed E-state index contributed by atoms with van der Waals surface area (Å²) in [7, 11) is 0. The zero-order chi connectivity index (χ0) is 51.4. The van der Waals surface area contributed by atoms with Crippen LogP contribution in [0.1, 0.15) is 303 Å². The van der Waals surface area contributed by atoms with E-state index in [0.717, 1.165) is 77.0 Å². The Bertz CT molecular complexity index is 1320. The highest BCUT2D eigenvalue weighted by Crippen LogP contribution is 2.16. The van der Waals surface area contributed by atoms with Crippen molar-refractivity contribution in [2.45, 2.75) is 309 Å². The molecule has 0 radical (unpaired) electrons. The van der Waals surface area contributed by atoms with Gasteiger partial charge >= 0.3 is 17.9 Å². The van der Waals surface area contributed by atoms with E-state index in [0.29, 0.717) is 19.3 Å². The summed E-state index contributed by atoms with van der Waals surface area (Å²) in [5.74, 6) is -0.943. The van der Waals surface area contributed by atoms with Gasteiger partial charge < -0.3 is 14.2 Å². The maximum absolute atomic E-state index is 12.8. The van der Waals surface area contributed by atoms with Crippen LogP contribution < -0.4 is 0 Å². The van der Waals surface area contributed by atoms with Gasteiger partial charge in [-0.25, -0.2) is 0 Å². The number of unbranched alkanes of at least 4 members (excludes halogenated alkanes) is 32. The summed E-state index contributed by atoms with van der Waals surface area (Å²) in [5, 5.41) is 0. The normalized spacial score (nSPS) is 12.5. The third-order valence-electron chi connectivity index (χ3n) is 13.2. The fourth-order valence-electron chi connectivity index (χ4n) is 8.65. The Balaban J connectivity index is 4.36. The van der Waals surface area contributed by atoms with E-state index in [1.807, 2.05) is 0 Å². The first kappa shape index (κ1) is 67.8. The van der Waals surface area contributed by atoms with Gasteiger partial charge in [0, 0.05) is 19.3 Å². The third kappa shape index (κ3) is 57.6. The summed E-state index contributed by atoms with van der Waals surface area (Å²) in [5.41, 5.74) is 0. The molecule has 410 valence electrons. The lowest BCUT2D eigenvalue weighted by Gasteiger charge is -2.18. The first-order valence-corrected chi connectivity index (χ1v) is 30.4. The van der Waals surface area contributed by atoms with Gasteiger partial charge in [0.2, 0.25) is 0 Å². The van der Waals surface area contributed by atoms with Gasteiger partial charge in [0.1, 0.15) is 13.2 Å². The van der Waals surface area contributed by atoms with Gasteiger partial charge in [-0.3, -0.25) is 14.4 Å². The Morgan fingerprint density at radius 3 is 0.915 bits per heavy atom. The topological polar surface area (TPSA) is 78.9 Å². The molecule has 0 aromatic heterocycles. The molecule has 0 aliphatic heterocycles. The average Bonchev–Trinajstić information content (AvgIpc) is 3.37. The molecular formula is C65H114O6. The minimum absolute atomic E-state index is 0.0954. The van der Waals surface area contributed by atoms with Crippen molar-refractivity contribution in [3.05, 3.63) is 72.9 Å². The van der Waals surface area contributed by atoms with Crippen LogP contribution in [0.5, 0.6) is 0 Å². The molecule has 0 bridgehead atoms. The van der Waals surface area contributed by atoms with E-state index in [4.69, 9.17) is 14.2 Å². The molecule has 0 amide bonds. The molecule has 0 heterocycles. The summed E-state index contributed by atoms with van der Waals surface area (Å²) >= 11 is 0. The van der Waals surface area contributed by atoms with Crippen LogP contribution in [0.2, 0.25) is 0 Å². The van der Waals surface area contributed by atoms with Crippen LogP contribution in [0.3, 0.4) is 0 Å². The number of hydrogen-bond donors (Lipinski definition) is 0. The Kier molecular flexibility index (Phi) is 56.8. The molecule has 1 unspecified atom stereocenters. The molecule has 6 heteroatoms. The largest absolute Gasteiger partial charge is 0.462 e. The molecule has 0 fully saturated rings. The summed E-state index contributed by atoms with van der Waals surface area (Å²) in [6.07, 6.45) is 76.2. The van der Waals surface area contributed by atoms with E-state index in [-0.39, 0.29) is 37.5 Å². The van der Waals surface area contributed by atoms with E-state index in [9.17, 15) is 14.4 Å². The number of esters is 3. The Morgan fingerprint density at radius 1 is 0.296 bits per heavy atom. The molecule has 0 aromatic rings.